The van der Waals surface area contributed by atoms with Crippen LogP contribution in [0.25, 0.3) is 0 Å². The van der Waals surface area contributed by atoms with E-state index in [0.29, 0.717) is 5.69 Å². The number of aromatic carboxylic acids is 1. The molecule has 2 N–H and O–H groups in total. The number of nitrogens with zero attached hydrogens (tertiary/aromatic N) is 1. The van der Waals surface area contributed by atoms with Gasteiger partial charge in [0, 0.05) is 26.2 Å². The Bertz CT molecular complexity index is 684. The molecule has 0 amide bonds. The van der Waals surface area contributed by atoms with E-state index in [0.717, 1.165) is 32.4 Å². The van der Waals surface area contributed by atoms with Gasteiger partial charge in [-0.3, -0.25) is 0 Å². The monoisotopic (exact) mass is 356 g/mol. The third kappa shape index (κ3) is 4.46. The molecular formula is C16H24N2O5S. The Labute approximate surface area is 142 Å². The summed E-state index contributed by atoms with van der Waals surface area (Å²) >= 11 is 0. The average Bonchev–Trinajstić information content (AvgIpc) is 2.54. The molecule has 1 heterocycles. The van der Waals surface area contributed by atoms with E-state index in [9.17, 15) is 18.3 Å². The van der Waals surface area contributed by atoms with E-state index in [-0.39, 0.29) is 17.1 Å². The Morgan fingerprint density at radius 1 is 1.33 bits per heavy atom. The highest BCUT2D eigenvalue weighted by Gasteiger charge is 2.26. The maximum absolute atomic E-state index is 12.8. The van der Waals surface area contributed by atoms with Gasteiger partial charge in [0.15, 0.2) is 0 Å². The van der Waals surface area contributed by atoms with E-state index in [1.807, 2.05) is 4.90 Å². The zero-order valence-corrected chi connectivity index (χ0v) is 14.8. The van der Waals surface area contributed by atoms with Crippen molar-refractivity contribution >= 4 is 21.7 Å². The third-order valence-corrected chi connectivity index (χ3v) is 5.58. The largest absolute Gasteiger partial charge is 0.478 e. The first-order chi connectivity index (χ1) is 11.3. The summed E-state index contributed by atoms with van der Waals surface area (Å²) in [5.41, 5.74) is 0.507. The molecule has 2 rings (SSSR count). The van der Waals surface area contributed by atoms with Crippen molar-refractivity contribution in [1.82, 2.24) is 4.72 Å². The van der Waals surface area contributed by atoms with Crippen molar-refractivity contribution in [3.63, 3.8) is 0 Å². The zero-order chi connectivity index (χ0) is 17.7. The number of hydrogen-bond donors (Lipinski definition) is 2. The van der Waals surface area contributed by atoms with Crippen LogP contribution in [0.4, 0.5) is 5.69 Å². The first-order valence-corrected chi connectivity index (χ1v) is 9.47. The summed E-state index contributed by atoms with van der Waals surface area (Å²) in [5.74, 6) is -1.15. The predicted octanol–water partition coefficient (Wildman–Crippen LogP) is 1.69. The van der Waals surface area contributed by atoms with E-state index in [2.05, 4.69) is 4.72 Å². The number of piperidine rings is 1. The highest BCUT2D eigenvalue weighted by molar-refractivity contribution is 7.89. The van der Waals surface area contributed by atoms with Crippen LogP contribution in [0.3, 0.4) is 0 Å². The summed E-state index contributed by atoms with van der Waals surface area (Å²) in [5, 5.41) is 9.19. The summed E-state index contributed by atoms with van der Waals surface area (Å²) in [6.07, 6.45) is 3.11. The Kier molecular flexibility index (Phi) is 6.20. The summed E-state index contributed by atoms with van der Waals surface area (Å²) in [7, 11) is -2.36. The van der Waals surface area contributed by atoms with Crippen molar-refractivity contribution in [2.45, 2.75) is 37.1 Å². The third-order valence-electron chi connectivity index (χ3n) is 3.97. The van der Waals surface area contributed by atoms with E-state index >= 15 is 0 Å². The lowest BCUT2D eigenvalue weighted by Crippen LogP contribution is -2.37. The van der Waals surface area contributed by atoms with Crippen molar-refractivity contribution in [1.29, 1.82) is 0 Å². The molecule has 0 radical (unpaired) electrons. The molecule has 1 aliphatic rings. The molecule has 8 heteroatoms. The standard InChI is InChI=1S/C16H24N2O5S/c1-12(11-23-2)17-24(21,22)15-10-13(16(19)20)6-7-14(15)18-8-4-3-5-9-18/h6-7,10,12,17H,3-5,8-9,11H2,1-2H3,(H,19,20). The van der Waals surface area contributed by atoms with Gasteiger partial charge in [-0.1, -0.05) is 0 Å². The molecule has 134 valence electrons. The van der Waals surface area contributed by atoms with Crippen molar-refractivity contribution in [2.75, 3.05) is 31.7 Å². The normalized spacial score (nSPS) is 16.8. The number of carbonyl (C=O) groups is 1. The molecule has 24 heavy (non-hydrogen) atoms. The van der Waals surface area contributed by atoms with Gasteiger partial charge in [-0.05, 0) is 44.4 Å². The molecule has 1 aromatic rings. The van der Waals surface area contributed by atoms with Crippen molar-refractivity contribution in [3.05, 3.63) is 23.8 Å². The molecule has 1 aliphatic heterocycles. The molecule has 0 saturated carbocycles. The summed E-state index contributed by atoms with van der Waals surface area (Å²) in [6, 6.07) is 3.85. The van der Waals surface area contributed by atoms with Gasteiger partial charge in [0.25, 0.3) is 0 Å². The van der Waals surface area contributed by atoms with Crippen molar-refractivity contribution in [3.8, 4) is 0 Å². The average molecular weight is 356 g/mol. The number of benzene rings is 1. The maximum Gasteiger partial charge on any atom is 0.335 e. The van der Waals surface area contributed by atoms with Crippen LogP contribution in [0.5, 0.6) is 0 Å². The second kappa shape index (κ2) is 7.96. The van der Waals surface area contributed by atoms with Crippen LogP contribution >= 0.6 is 0 Å². The molecule has 1 fully saturated rings. The fourth-order valence-electron chi connectivity index (χ4n) is 2.87. The minimum atomic E-state index is -3.85. The van der Waals surface area contributed by atoms with Gasteiger partial charge in [0.05, 0.1) is 17.9 Å². The van der Waals surface area contributed by atoms with Gasteiger partial charge in [0.2, 0.25) is 10.0 Å². The van der Waals surface area contributed by atoms with Gasteiger partial charge >= 0.3 is 5.97 Å². The molecule has 0 bridgehead atoms. The lowest BCUT2D eigenvalue weighted by atomic mass is 10.1. The summed E-state index contributed by atoms with van der Waals surface area (Å²) < 4.78 is 33.0. The second-order valence-electron chi connectivity index (χ2n) is 6.01. The van der Waals surface area contributed by atoms with E-state index in [1.165, 1.54) is 19.2 Å². The number of hydrogen-bond acceptors (Lipinski definition) is 5. The molecule has 1 aromatic carbocycles. The fraction of sp³-hybridized carbons (Fsp3) is 0.562. The highest BCUT2D eigenvalue weighted by atomic mass is 32.2. The van der Waals surface area contributed by atoms with Gasteiger partial charge in [-0.15, -0.1) is 0 Å². The molecule has 1 saturated heterocycles. The van der Waals surface area contributed by atoms with E-state index in [4.69, 9.17) is 4.74 Å². The van der Waals surface area contributed by atoms with Crippen LogP contribution in [0.15, 0.2) is 23.1 Å². The number of rotatable bonds is 7. The Morgan fingerprint density at radius 3 is 2.58 bits per heavy atom. The number of nitrogens with one attached hydrogen (secondary N) is 1. The van der Waals surface area contributed by atoms with Crippen LogP contribution in [-0.4, -0.2) is 52.3 Å². The molecule has 1 atom stereocenters. The van der Waals surface area contributed by atoms with Crippen LogP contribution in [-0.2, 0) is 14.8 Å². The van der Waals surface area contributed by atoms with Crippen molar-refractivity contribution in [2.24, 2.45) is 0 Å². The molecule has 1 unspecified atom stereocenters. The van der Waals surface area contributed by atoms with Crippen molar-refractivity contribution < 1.29 is 23.1 Å². The molecule has 0 aromatic heterocycles. The number of methoxy groups -OCH3 is 1. The zero-order valence-electron chi connectivity index (χ0n) is 14.0. The first kappa shape index (κ1) is 18.7. The SMILES string of the molecule is COCC(C)NS(=O)(=O)c1cc(C(=O)O)ccc1N1CCCCC1. The van der Waals surface area contributed by atoms with Gasteiger partial charge in [-0.25, -0.2) is 17.9 Å². The molecule has 0 aliphatic carbocycles. The minimum absolute atomic E-state index is 0.00672. The molecule has 0 spiro atoms. The fourth-order valence-corrected chi connectivity index (χ4v) is 4.35. The number of anilines is 1. The second-order valence-corrected chi connectivity index (χ2v) is 7.70. The van der Waals surface area contributed by atoms with Crippen LogP contribution in [0.2, 0.25) is 0 Å². The first-order valence-electron chi connectivity index (χ1n) is 7.98. The number of ether oxygens (including phenoxy) is 1. The van der Waals surface area contributed by atoms with Gasteiger partial charge < -0.3 is 14.7 Å². The summed E-state index contributed by atoms with van der Waals surface area (Å²) in [6.45, 7) is 3.46. The molecular weight excluding hydrogens is 332 g/mol. The summed E-state index contributed by atoms with van der Waals surface area (Å²) in [4.78, 5) is 13.3. The quantitative estimate of drug-likeness (QED) is 0.772. The Balaban J connectivity index is 2.43. The van der Waals surface area contributed by atoms with Crippen LogP contribution in [0, 0.1) is 0 Å². The number of carboxylic acid groups (broad SMARTS) is 1. The minimum Gasteiger partial charge on any atom is -0.478 e. The van der Waals surface area contributed by atoms with Gasteiger partial charge in [0.1, 0.15) is 4.90 Å². The topological polar surface area (TPSA) is 95.9 Å². The highest BCUT2D eigenvalue weighted by Crippen LogP contribution is 2.29. The maximum atomic E-state index is 12.8. The Morgan fingerprint density at radius 2 is 2.00 bits per heavy atom. The lowest BCUT2D eigenvalue weighted by molar-refractivity contribution is 0.0696. The van der Waals surface area contributed by atoms with E-state index in [1.54, 1.807) is 13.0 Å². The van der Waals surface area contributed by atoms with Crippen LogP contribution in [0.1, 0.15) is 36.5 Å². The lowest BCUT2D eigenvalue weighted by Gasteiger charge is -2.30. The smallest absolute Gasteiger partial charge is 0.335 e. The van der Waals surface area contributed by atoms with Crippen LogP contribution < -0.4 is 9.62 Å². The predicted molar refractivity (Wildman–Crippen MR) is 91.1 cm³/mol. The number of carboxylic acids is 1. The number of sulfonamides is 1. The van der Waals surface area contributed by atoms with E-state index < -0.39 is 22.0 Å². The molecule has 7 nitrogen and oxygen atoms in total. The Hall–Kier alpha value is -1.64. The van der Waals surface area contributed by atoms with Gasteiger partial charge in [-0.2, -0.15) is 0 Å².